The van der Waals surface area contributed by atoms with E-state index in [4.69, 9.17) is 12.8 Å². The summed E-state index contributed by atoms with van der Waals surface area (Å²) in [6.07, 6.45) is 22.0. The summed E-state index contributed by atoms with van der Waals surface area (Å²) in [5.41, 5.74) is 7.84. The van der Waals surface area contributed by atoms with E-state index in [1.54, 1.807) is 0 Å². The van der Waals surface area contributed by atoms with Gasteiger partial charge in [-0.25, -0.2) is 0 Å². The first-order chi connectivity index (χ1) is 11.3. The van der Waals surface area contributed by atoms with Crippen LogP contribution in [-0.2, 0) is 0 Å². The molecule has 0 saturated carbocycles. The fourth-order valence-electron chi connectivity index (χ4n) is 3.26. The Balaban J connectivity index is 1.98. The topological polar surface area (TPSA) is 0 Å². The van der Waals surface area contributed by atoms with E-state index in [0.717, 1.165) is 11.1 Å². The molecule has 0 amide bonds. The van der Waals surface area contributed by atoms with E-state index in [9.17, 15) is 0 Å². The van der Waals surface area contributed by atoms with Crippen LogP contribution in [0.25, 0.3) is 16.7 Å². The second kappa shape index (κ2) is 5.20. The quantitative estimate of drug-likeness (QED) is 0.565. The van der Waals surface area contributed by atoms with Crippen molar-refractivity contribution in [2.75, 3.05) is 0 Å². The maximum atomic E-state index is 5.59. The van der Waals surface area contributed by atoms with E-state index in [0.29, 0.717) is 5.92 Å². The third-order valence-corrected chi connectivity index (χ3v) is 4.38. The summed E-state index contributed by atoms with van der Waals surface area (Å²) >= 11 is 0. The minimum absolute atomic E-state index is 0.313. The second-order valence-corrected chi connectivity index (χ2v) is 5.74. The molecule has 106 valence electrons. The molecule has 0 fully saturated rings. The zero-order chi connectivity index (χ0) is 15.8. The van der Waals surface area contributed by atoms with Crippen LogP contribution in [0.15, 0.2) is 66.8 Å². The molecule has 23 heavy (non-hydrogen) atoms. The predicted octanol–water partition coefficient (Wildman–Crippen LogP) is 4.80. The molecule has 0 radical (unpaired) electrons. The molecule has 0 aliphatic heterocycles. The first kappa shape index (κ1) is 13.4. The number of rotatable bonds is 1. The van der Waals surface area contributed by atoms with Crippen molar-refractivity contribution in [1.82, 2.24) is 0 Å². The fourth-order valence-corrected chi connectivity index (χ4v) is 3.26. The first-order valence-electron chi connectivity index (χ1n) is 7.59. The van der Waals surface area contributed by atoms with Gasteiger partial charge in [0.25, 0.3) is 0 Å². The van der Waals surface area contributed by atoms with Gasteiger partial charge in [0.2, 0.25) is 0 Å². The molecule has 0 atom stereocenters. The molecule has 0 N–H and O–H groups in total. The highest BCUT2D eigenvalue weighted by atomic mass is 14.3. The van der Waals surface area contributed by atoms with Gasteiger partial charge < -0.3 is 0 Å². The Kier molecular flexibility index (Phi) is 3.04. The summed E-state index contributed by atoms with van der Waals surface area (Å²) in [7, 11) is 0. The molecule has 2 aromatic carbocycles. The fraction of sp³-hybridized carbons (Fsp3) is 0.0435. The predicted molar refractivity (Wildman–Crippen MR) is 96.6 cm³/mol. The molecular formula is C23H14. The smallest absolute Gasteiger partial charge is 0.0249 e. The molecule has 0 heteroatoms. The lowest BCUT2D eigenvalue weighted by molar-refractivity contribution is 1.10. The van der Waals surface area contributed by atoms with E-state index < -0.39 is 0 Å². The summed E-state index contributed by atoms with van der Waals surface area (Å²) < 4.78 is 0. The van der Waals surface area contributed by atoms with Crippen molar-refractivity contribution in [1.29, 1.82) is 0 Å². The Labute approximate surface area is 136 Å². The molecule has 2 aromatic rings. The zero-order valence-electron chi connectivity index (χ0n) is 12.6. The van der Waals surface area contributed by atoms with E-state index >= 15 is 0 Å². The third kappa shape index (κ3) is 2.13. The summed E-state index contributed by atoms with van der Waals surface area (Å²) in [5, 5.41) is 0. The summed E-state index contributed by atoms with van der Waals surface area (Å²) in [5.74, 6) is 5.78. The first-order valence-corrected chi connectivity index (χ1v) is 7.59. The van der Waals surface area contributed by atoms with Crippen molar-refractivity contribution in [2.45, 2.75) is 0 Å². The number of hydrogen-bond acceptors (Lipinski definition) is 0. The lowest BCUT2D eigenvalue weighted by Crippen LogP contribution is -1.89. The highest BCUT2D eigenvalue weighted by Crippen LogP contribution is 2.45. The Morgan fingerprint density at radius 2 is 1.26 bits per heavy atom. The van der Waals surface area contributed by atoms with Gasteiger partial charge in [0, 0.05) is 17.0 Å². The van der Waals surface area contributed by atoms with Crippen molar-refractivity contribution < 1.29 is 0 Å². The molecule has 0 aromatic heterocycles. The zero-order valence-corrected chi connectivity index (χ0v) is 12.6. The Morgan fingerprint density at radius 3 is 1.74 bits per heavy atom. The molecule has 2 aliphatic rings. The van der Waals surface area contributed by atoms with Gasteiger partial charge in [0.1, 0.15) is 0 Å². The van der Waals surface area contributed by atoms with Gasteiger partial charge in [0.15, 0.2) is 0 Å². The monoisotopic (exact) mass is 290 g/mol. The normalized spacial score (nSPS) is 14.3. The maximum absolute atomic E-state index is 5.59. The standard InChI is InChI=1S/C23H14/c1-3-16-9-11-19-20-12-10-17(4-2)14-22(20)23(21(19)13-16)15-18-7-5-6-8-18/h1-2,5-15,18H. The Hall–Kier alpha value is -3.22. The summed E-state index contributed by atoms with van der Waals surface area (Å²) in [6, 6.07) is 12.4. The van der Waals surface area contributed by atoms with Crippen LogP contribution in [0, 0.1) is 30.6 Å². The van der Waals surface area contributed by atoms with Crippen LogP contribution in [0.5, 0.6) is 0 Å². The van der Waals surface area contributed by atoms with Gasteiger partial charge in [-0.05, 0) is 52.1 Å². The van der Waals surface area contributed by atoms with Crippen LogP contribution < -0.4 is 0 Å². The SMILES string of the molecule is C#Cc1ccc2c(c1)C(=CC1C=CC=C1)c1cc(C#C)ccc1-2. The summed E-state index contributed by atoms with van der Waals surface area (Å²) in [6.45, 7) is 0. The van der Waals surface area contributed by atoms with Crippen LogP contribution in [0.3, 0.4) is 0 Å². The third-order valence-electron chi connectivity index (χ3n) is 4.38. The highest BCUT2D eigenvalue weighted by molar-refractivity contribution is 6.02. The van der Waals surface area contributed by atoms with E-state index in [2.05, 4.69) is 66.5 Å². The number of benzene rings is 2. The molecule has 0 unspecified atom stereocenters. The average molecular weight is 290 g/mol. The second-order valence-electron chi connectivity index (χ2n) is 5.74. The van der Waals surface area contributed by atoms with Crippen LogP contribution in [-0.4, -0.2) is 0 Å². The van der Waals surface area contributed by atoms with Gasteiger partial charge in [0.05, 0.1) is 0 Å². The van der Waals surface area contributed by atoms with Crippen LogP contribution in [0.1, 0.15) is 22.3 Å². The number of hydrogen-bond donors (Lipinski definition) is 0. The molecular weight excluding hydrogens is 276 g/mol. The minimum atomic E-state index is 0.313. The molecule has 0 bridgehead atoms. The van der Waals surface area contributed by atoms with Gasteiger partial charge in [-0.1, -0.05) is 54.4 Å². The van der Waals surface area contributed by atoms with Crippen LogP contribution in [0.4, 0.5) is 0 Å². The average Bonchev–Trinajstić information content (AvgIpc) is 3.21. The van der Waals surface area contributed by atoms with Crippen LogP contribution in [0.2, 0.25) is 0 Å². The number of terminal acetylenes is 2. The van der Waals surface area contributed by atoms with Gasteiger partial charge in [-0.3, -0.25) is 0 Å². The lowest BCUT2D eigenvalue weighted by atomic mass is 9.97. The lowest BCUT2D eigenvalue weighted by Gasteiger charge is -2.06. The van der Waals surface area contributed by atoms with Gasteiger partial charge in [-0.2, -0.15) is 0 Å². The van der Waals surface area contributed by atoms with E-state index in [1.165, 1.54) is 27.8 Å². The largest absolute Gasteiger partial charge is 0.115 e. The number of fused-ring (bicyclic) bond motifs is 3. The van der Waals surface area contributed by atoms with E-state index in [-0.39, 0.29) is 0 Å². The Bertz CT molecular complexity index is 904. The van der Waals surface area contributed by atoms with Gasteiger partial charge >= 0.3 is 0 Å². The molecule has 2 aliphatic carbocycles. The molecule has 0 saturated heterocycles. The minimum Gasteiger partial charge on any atom is -0.115 e. The number of allylic oxidation sites excluding steroid dienone is 5. The molecule has 0 spiro atoms. The summed E-state index contributed by atoms with van der Waals surface area (Å²) in [4.78, 5) is 0. The molecule has 0 nitrogen and oxygen atoms in total. The van der Waals surface area contributed by atoms with Crippen molar-refractivity contribution in [3.05, 3.63) is 89.0 Å². The van der Waals surface area contributed by atoms with Crippen molar-refractivity contribution in [2.24, 2.45) is 5.92 Å². The molecule has 4 rings (SSSR count). The van der Waals surface area contributed by atoms with Crippen molar-refractivity contribution in [3.8, 4) is 35.8 Å². The maximum Gasteiger partial charge on any atom is 0.0249 e. The molecule has 0 heterocycles. The van der Waals surface area contributed by atoms with Crippen molar-refractivity contribution >= 4 is 5.57 Å². The van der Waals surface area contributed by atoms with Gasteiger partial charge in [-0.15, -0.1) is 12.8 Å². The van der Waals surface area contributed by atoms with Crippen molar-refractivity contribution in [3.63, 3.8) is 0 Å². The highest BCUT2D eigenvalue weighted by Gasteiger charge is 2.24. The van der Waals surface area contributed by atoms with E-state index in [1.807, 2.05) is 12.1 Å². The van der Waals surface area contributed by atoms with Crippen LogP contribution >= 0.6 is 0 Å². The Morgan fingerprint density at radius 1 is 0.739 bits per heavy atom.